The molecule has 25 heavy (non-hydrogen) atoms. The van der Waals surface area contributed by atoms with E-state index < -0.39 is 11.6 Å². The summed E-state index contributed by atoms with van der Waals surface area (Å²) >= 11 is 1.32. The summed E-state index contributed by atoms with van der Waals surface area (Å²) in [5.41, 5.74) is 0.927. The monoisotopic (exact) mass is 355 g/mol. The molecule has 0 saturated heterocycles. The molecule has 5 nitrogen and oxygen atoms in total. The molecule has 1 heterocycles. The smallest absolute Gasteiger partial charge is 0.335 e. The summed E-state index contributed by atoms with van der Waals surface area (Å²) in [4.78, 5) is 15.6. The number of ether oxygens (including phenoxy) is 1. The van der Waals surface area contributed by atoms with Crippen LogP contribution in [-0.2, 0) is 5.60 Å². The lowest BCUT2D eigenvalue weighted by molar-refractivity contribution is 0.0697. The highest BCUT2D eigenvalue weighted by atomic mass is 32.1. The zero-order chi connectivity index (χ0) is 18.0. The van der Waals surface area contributed by atoms with E-state index in [9.17, 15) is 9.90 Å². The Balaban J connectivity index is 1.97. The fraction of sp³-hybridized carbons (Fsp3) is 0.158. The second-order valence-electron chi connectivity index (χ2n) is 5.73. The van der Waals surface area contributed by atoms with Crippen LogP contribution in [0.5, 0.6) is 5.75 Å². The Bertz CT molecular complexity index is 917. The summed E-state index contributed by atoms with van der Waals surface area (Å²) in [7, 11) is 1.57. The maximum absolute atomic E-state index is 11.1. The van der Waals surface area contributed by atoms with Crippen LogP contribution in [0.25, 0.3) is 11.3 Å². The van der Waals surface area contributed by atoms with Crippen molar-refractivity contribution in [2.45, 2.75) is 12.5 Å². The van der Waals surface area contributed by atoms with Crippen molar-refractivity contribution in [1.82, 2.24) is 4.98 Å². The van der Waals surface area contributed by atoms with Gasteiger partial charge in [-0.2, -0.15) is 0 Å². The lowest BCUT2D eigenvalue weighted by atomic mass is 9.96. The molecule has 1 unspecified atom stereocenters. The Morgan fingerprint density at radius 2 is 1.96 bits per heavy atom. The number of hydrogen-bond donors (Lipinski definition) is 2. The molecule has 1 atom stereocenters. The van der Waals surface area contributed by atoms with Gasteiger partial charge in [0, 0.05) is 10.9 Å². The Hall–Kier alpha value is -2.70. The van der Waals surface area contributed by atoms with Gasteiger partial charge in [-0.15, -0.1) is 11.3 Å². The molecule has 0 radical (unpaired) electrons. The van der Waals surface area contributed by atoms with Crippen molar-refractivity contribution >= 4 is 17.3 Å². The number of aromatic nitrogens is 1. The van der Waals surface area contributed by atoms with E-state index in [1.165, 1.54) is 17.4 Å². The van der Waals surface area contributed by atoms with Crippen molar-refractivity contribution in [3.05, 3.63) is 70.0 Å². The third kappa shape index (κ3) is 3.40. The van der Waals surface area contributed by atoms with Crippen molar-refractivity contribution in [1.29, 1.82) is 0 Å². The van der Waals surface area contributed by atoms with Gasteiger partial charge in [0.05, 0.1) is 18.4 Å². The number of aromatic carboxylic acids is 1. The van der Waals surface area contributed by atoms with Gasteiger partial charge in [0.2, 0.25) is 0 Å². The van der Waals surface area contributed by atoms with Crippen LogP contribution in [0.1, 0.15) is 27.9 Å². The molecule has 3 rings (SSSR count). The first-order valence-corrected chi connectivity index (χ1v) is 8.46. The predicted molar refractivity (Wildman–Crippen MR) is 96.2 cm³/mol. The van der Waals surface area contributed by atoms with Crippen LogP contribution in [-0.4, -0.2) is 28.3 Å². The number of benzene rings is 2. The van der Waals surface area contributed by atoms with Crippen molar-refractivity contribution in [3.8, 4) is 17.0 Å². The van der Waals surface area contributed by atoms with Crippen LogP contribution in [0.2, 0.25) is 0 Å². The highest BCUT2D eigenvalue weighted by Crippen LogP contribution is 2.35. The van der Waals surface area contributed by atoms with E-state index >= 15 is 0 Å². The Kier molecular flexibility index (Phi) is 4.57. The van der Waals surface area contributed by atoms with E-state index in [-0.39, 0.29) is 5.56 Å². The summed E-state index contributed by atoms with van der Waals surface area (Å²) < 4.78 is 5.21. The van der Waals surface area contributed by atoms with Gasteiger partial charge in [-0.25, -0.2) is 9.78 Å². The van der Waals surface area contributed by atoms with Crippen molar-refractivity contribution in [2.75, 3.05) is 7.11 Å². The van der Waals surface area contributed by atoms with Gasteiger partial charge in [0.1, 0.15) is 16.4 Å². The zero-order valence-corrected chi connectivity index (χ0v) is 14.6. The van der Waals surface area contributed by atoms with E-state index in [0.717, 1.165) is 0 Å². The minimum absolute atomic E-state index is 0.201. The largest absolute Gasteiger partial charge is 0.497 e. The molecule has 2 aromatic carbocycles. The first-order valence-electron chi connectivity index (χ1n) is 7.58. The van der Waals surface area contributed by atoms with Crippen LogP contribution < -0.4 is 4.74 Å². The van der Waals surface area contributed by atoms with E-state index in [1.807, 2.05) is 23.6 Å². The van der Waals surface area contributed by atoms with Gasteiger partial charge < -0.3 is 14.9 Å². The Labute approximate surface area is 149 Å². The lowest BCUT2D eigenvalue weighted by Gasteiger charge is -2.21. The van der Waals surface area contributed by atoms with Crippen LogP contribution in [0.4, 0.5) is 0 Å². The number of thiazole rings is 1. The highest BCUT2D eigenvalue weighted by molar-refractivity contribution is 7.10. The van der Waals surface area contributed by atoms with E-state index in [0.29, 0.717) is 27.6 Å². The number of rotatable bonds is 5. The average Bonchev–Trinajstić information content (AvgIpc) is 3.13. The number of aliphatic hydroxyl groups is 1. The maximum atomic E-state index is 11.1. The van der Waals surface area contributed by atoms with Gasteiger partial charge in [-0.3, -0.25) is 0 Å². The number of hydrogen-bond acceptors (Lipinski definition) is 5. The molecule has 0 aliphatic heterocycles. The fourth-order valence-electron chi connectivity index (χ4n) is 2.49. The topological polar surface area (TPSA) is 79.7 Å². The molecular weight excluding hydrogens is 338 g/mol. The maximum Gasteiger partial charge on any atom is 0.335 e. The quantitative estimate of drug-likeness (QED) is 0.728. The fourth-order valence-corrected chi connectivity index (χ4v) is 3.40. The molecule has 6 heteroatoms. The van der Waals surface area contributed by atoms with E-state index in [2.05, 4.69) is 4.98 Å². The number of carbonyl (C=O) groups is 1. The first kappa shape index (κ1) is 17.1. The Morgan fingerprint density at radius 3 is 2.68 bits per heavy atom. The lowest BCUT2D eigenvalue weighted by Crippen LogP contribution is -2.22. The molecule has 1 aromatic heterocycles. The number of methoxy groups -OCH3 is 1. The predicted octanol–water partition coefficient (Wildman–Crippen LogP) is 3.77. The van der Waals surface area contributed by atoms with Crippen LogP contribution in [0.3, 0.4) is 0 Å². The second-order valence-corrected chi connectivity index (χ2v) is 6.59. The van der Waals surface area contributed by atoms with Crippen molar-refractivity contribution < 1.29 is 19.7 Å². The summed E-state index contributed by atoms with van der Waals surface area (Å²) in [6, 6.07) is 13.8. The van der Waals surface area contributed by atoms with Crippen LogP contribution >= 0.6 is 11.3 Å². The normalized spacial score (nSPS) is 13.2. The molecule has 3 aromatic rings. The van der Waals surface area contributed by atoms with Crippen molar-refractivity contribution in [2.24, 2.45) is 0 Å². The minimum Gasteiger partial charge on any atom is -0.497 e. The molecule has 0 saturated carbocycles. The van der Waals surface area contributed by atoms with Gasteiger partial charge in [0.15, 0.2) is 0 Å². The number of nitrogens with zero attached hydrogens (tertiary/aromatic N) is 1. The highest BCUT2D eigenvalue weighted by Gasteiger charge is 2.29. The second kappa shape index (κ2) is 6.66. The molecular formula is C19H17NO4S. The Morgan fingerprint density at radius 1 is 1.20 bits per heavy atom. The third-order valence-corrected chi connectivity index (χ3v) is 5.01. The van der Waals surface area contributed by atoms with Gasteiger partial charge >= 0.3 is 5.97 Å². The van der Waals surface area contributed by atoms with Gasteiger partial charge in [-0.05, 0) is 36.8 Å². The minimum atomic E-state index is -1.28. The average molecular weight is 355 g/mol. The molecule has 0 bridgehead atoms. The summed E-state index contributed by atoms with van der Waals surface area (Å²) in [6.07, 6.45) is 0. The summed E-state index contributed by atoms with van der Waals surface area (Å²) in [5, 5.41) is 22.4. The van der Waals surface area contributed by atoms with Crippen LogP contribution in [0.15, 0.2) is 53.9 Å². The molecule has 2 N–H and O–H groups in total. The van der Waals surface area contributed by atoms with Gasteiger partial charge in [-0.1, -0.05) is 24.3 Å². The van der Waals surface area contributed by atoms with E-state index in [1.54, 1.807) is 38.3 Å². The third-order valence-electron chi connectivity index (χ3n) is 3.96. The number of carboxylic acid groups (broad SMARTS) is 1. The SMILES string of the molecule is COc1cccc(C(C)(O)c2nc(-c3cccc(C(=O)O)c3)cs2)c1. The molecule has 0 aliphatic carbocycles. The zero-order valence-electron chi connectivity index (χ0n) is 13.8. The summed E-state index contributed by atoms with van der Waals surface area (Å²) in [5.74, 6) is -0.329. The standard InChI is InChI=1S/C19H17NO4S/c1-19(23,14-7-4-8-15(10-14)24-2)18-20-16(11-25-18)12-5-3-6-13(9-12)17(21)22/h3-11,23H,1-2H3,(H,21,22). The van der Waals surface area contributed by atoms with E-state index in [4.69, 9.17) is 9.84 Å². The molecule has 0 amide bonds. The summed E-state index contributed by atoms with van der Waals surface area (Å²) in [6.45, 7) is 1.68. The number of carboxylic acids is 1. The molecule has 0 aliphatic rings. The van der Waals surface area contributed by atoms with Crippen LogP contribution in [0, 0.1) is 0 Å². The molecule has 0 fully saturated rings. The molecule has 0 spiro atoms. The molecule has 128 valence electrons. The van der Waals surface area contributed by atoms with Gasteiger partial charge in [0.25, 0.3) is 0 Å². The van der Waals surface area contributed by atoms with Crippen molar-refractivity contribution in [3.63, 3.8) is 0 Å². The first-order chi connectivity index (χ1) is 11.9.